The zero-order valence-electron chi connectivity index (χ0n) is 15.8. The molecule has 0 unspecified atom stereocenters. The summed E-state index contributed by atoms with van der Waals surface area (Å²) in [5.74, 6) is 1.70. The lowest BCUT2D eigenvalue weighted by molar-refractivity contribution is 0.0697. The number of aromatic nitrogens is 1. The summed E-state index contributed by atoms with van der Waals surface area (Å²) < 4.78 is 10.6. The standard InChI is InChI=1S/C21H23N3O4/c1-14-4-6-24(7-5-14)21(26)17-9-16(11-22-12-17)20(25)23-10-15-2-3-18-19(8-15)28-13-27-18/h2-3,8-9,11-12,14H,4-7,10,13H2,1H3,(H,23,25). The fourth-order valence-corrected chi connectivity index (χ4v) is 3.41. The first kappa shape index (κ1) is 18.3. The summed E-state index contributed by atoms with van der Waals surface area (Å²) in [4.78, 5) is 31.1. The number of ether oxygens (including phenoxy) is 2. The highest BCUT2D eigenvalue weighted by atomic mass is 16.7. The molecule has 1 N–H and O–H groups in total. The van der Waals surface area contributed by atoms with Gasteiger partial charge in [-0.05, 0) is 42.5 Å². The average Bonchev–Trinajstić information content (AvgIpc) is 3.20. The number of benzene rings is 1. The summed E-state index contributed by atoms with van der Waals surface area (Å²) in [6.45, 7) is 4.26. The quantitative estimate of drug-likeness (QED) is 0.881. The first-order valence-corrected chi connectivity index (χ1v) is 9.51. The average molecular weight is 381 g/mol. The molecule has 0 saturated carbocycles. The van der Waals surface area contributed by atoms with Gasteiger partial charge in [-0.25, -0.2) is 0 Å². The Bertz CT molecular complexity index is 891. The molecule has 2 aromatic rings. The minimum atomic E-state index is -0.271. The molecule has 146 valence electrons. The monoisotopic (exact) mass is 381 g/mol. The summed E-state index contributed by atoms with van der Waals surface area (Å²) >= 11 is 0. The largest absolute Gasteiger partial charge is 0.454 e. The maximum absolute atomic E-state index is 12.7. The molecule has 1 aromatic carbocycles. The fourth-order valence-electron chi connectivity index (χ4n) is 3.41. The Morgan fingerprint density at radius 1 is 1.11 bits per heavy atom. The van der Waals surface area contributed by atoms with Crippen LogP contribution in [0.5, 0.6) is 11.5 Å². The Labute approximate surface area is 163 Å². The molecule has 4 rings (SSSR count). The van der Waals surface area contributed by atoms with Gasteiger partial charge in [0.05, 0.1) is 11.1 Å². The van der Waals surface area contributed by atoms with E-state index in [4.69, 9.17) is 9.47 Å². The Morgan fingerprint density at radius 2 is 1.86 bits per heavy atom. The van der Waals surface area contributed by atoms with Gasteiger partial charge < -0.3 is 19.7 Å². The van der Waals surface area contributed by atoms with Crippen LogP contribution in [0.15, 0.2) is 36.7 Å². The number of nitrogens with zero attached hydrogens (tertiary/aromatic N) is 2. The number of fused-ring (bicyclic) bond motifs is 1. The Morgan fingerprint density at radius 3 is 2.68 bits per heavy atom. The van der Waals surface area contributed by atoms with Gasteiger partial charge >= 0.3 is 0 Å². The maximum Gasteiger partial charge on any atom is 0.255 e. The second-order valence-electron chi connectivity index (χ2n) is 7.31. The van der Waals surface area contributed by atoms with E-state index in [1.165, 1.54) is 12.4 Å². The number of amides is 2. The van der Waals surface area contributed by atoms with Crippen molar-refractivity contribution in [3.05, 3.63) is 53.3 Å². The lowest BCUT2D eigenvalue weighted by atomic mass is 9.98. The molecule has 1 saturated heterocycles. The Balaban J connectivity index is 1.39. The van der Waals surface area contributed by atoms with Gasteiger partial charge in [-0.1, -0.05) is 13.0 Å². The second kappa shape index (κ2) is 7.88. The van der Waals surface area contributed by atoms with Crippen molar-refractivity contribution in [2.45, 2.75) is 26.3 Å². The molecule has 0 atom stereocenters. The van der Waals surface area contributed by atoms with Gasteiger partial charge in [-0.2, -0.15) is 0 Å². The Hall–Kier alpha value is -3.09. The molecule has 2 aliphatic heterocycles. The van der Waals surface area contributed by atoms with Crippen LogP contribution in [0.25, 0.3) is 0 Å². The van der Waals surface area contributed by atoms with E-state index in [1.807, 2.05) is 23.1 Å². The third kappa shape index (κ3) is 3.93. The van der Waals surface area contributed by atoms with Crippen LogP contribution in [0.4, 0.5) is 0 Å². The van der Waals surface area contributed by atoms with Crippen LogP contribution in [-0.2, 0) is 6.54 Å². The predicted molar refractivity (Wildman–Crippen MR) is 102 cm³/mol. The molecule has 1 fully saturated rings. The molecule has 3 heterocycles. The van der Waals surface area contributed by atoms with Crippen molar-refractivity contribution in [1.29, 1.82) is 0 Å². The molecular weight excluding hydrogens is 358 g/mol. The summed E-state index contributed by atoms with van der Waals surface area (Å²) in [5, 5.41) is 2.86. The minimum absolute atomic E-state index is 0.0650. The summed E-state index contributed by atoms with van der Waals surface area (Å²) in [6.07, 6.45) is 5.02. The molecule has 2 amide bonds. The van der Waals surface area contributed by atoms with Crippen LogP contribution in [0.2, 0.25) is 0 Å². The van der Waals surface area contributed by atoms with Gasteiger partial charge in [0.1, 0.15) is 0 Å². The zero-order valence-corrected chi connectivity index (χ0v) is 15.8. The minimum Gasteiger partial charge on any atom is -0.454 e. The number of carbonyl (C=O) groups excluding carboxylic acids is 2. The van der Waals surface area contributed by atoms with E-state index >= 15 is 0 Å². The van der Waals surface area contributed by atoms with Crippen molar-refractivity contribution in [3.8, 4) is 11.5 Å². The van der Waals surface area contributed by atoms with Crippen LogP contribution >= 0.6 is 0 Å². The number of hydrogen-bond donors (Lipinski definition) is 1. The highest BCUT2D eigenvalue weighted by Crippen LogP contribution is 2.32. The van der Waals surface area contributed by atoms with Crippen molar-refractivity contribution in [1.82, 2.24) is 15.2 Å². The first-order chi connectivity index (χ1) is 13.6. The van der Waals surface area contributed by atoms with Crippen molar-refractivity contribution in [2.75, 3.05) is 19.9 Å². The normalized spacial score (nSPS) is 16.1. The number of nitrogens with one attached hydrogen (secondary N) is 1. The van der Waals surface area contributed by atoms with E-state index in [0.29, 0.717) is 35.1 Å². The molecule has 0 spiro atoms. The molecule has 2 aliphatic rings. The van der Waals surface area contributed by atoms with Gasteiger partial charge in [0.25, 0.3) is 11.8 Å². The molecule has 0 radical (unpaired) electrons. The van der Waals surface area contributed by atoms with Crippen LogP contribution in [0.3, 0.4) is 0 Å². The van der Waals surface area contributed by atoms with Gasteiger partial charge in [-0.3, -0.25) is 14.6 Å². The Kier molecular flexibility index (Phi) is 5.14. The van der Waals surface area contributed by atoms with E-state index in [-0.39, 0.29) is 18.6 Å². The van der Waals surface area contributed by atoms with Gasteiger partial charge in [0.15, 0.2) is 11.5 Å². The predicted octanol–water partition coefficient (Wildman–Crippen LogP) is 2.61. The van der Waals surface area contributed by atoms with Crippen molar-refractivity contribution < 1.29 is 19.1 Å². The van der Waals surface area contributed by atoms with Crippen LogP contribution in [0, 0.1) is 5.92 Å². The molecule has 7 heteroatoms. The number of rotatable bonds is 4. The van der Waals surface area contributed by atoms with Crippen LogP contribution in [0.1, 0.15) is 46.0 Å². The SMILES string of the molecule is CC1CCN(C(=O)c2cncc(C(=O)NCc3ccc4c(c3)OCO4)c2)CC1. The number of piperidine rings is 1. The summed E-state index contributed by atoms with van der Waals surface area (Å²) in [5.41, 5.74) is 1.72. The first-order valence-electron chi connectivity index (χ1n) is 9.51. The summed E-state index contributed by atoms with van der Waals surface area (Å²) in [7, 11) is 0. The number of carbonyl (C=O) groups is 2. The lowest BCUT2D eigenvalue weighted by Gasteiger charge is -2.30. The van der Waals surface area contributed by atoms with E-state index in [9.17, 15) is 9.59 Å². The smallest absolute Gasteiger partial charge is 0.255 e. The van der Waals surface area contributed by atoms with E-state index in [2.05, 4.69) is 17.2 Å². The molecule has 1 aromatic heterocycles. The molecule has 7 nitrogen and oxygen atoms in total. The number of likely N-dealkylation sites (tertiary alicyclic amines) is 1. The highest BCUT2D eigenvalue weighted by Gasteiger charge is 2.22. The number of pyridine rings is 1. The lowest BCUT2D eigenvalue weighted by Crippen LogP contribution is -2.38. The third-order valence-corrected chi connectivity index (χ3v) is 5.21. The molecule has 28 heavy (non-hydrogen) atoms. The highest BCUT2D eigenvalue weighted by molar-refractivity contribution is 5.99. The van der Waals surface area contributed by atoms with E-state index in [1.54, 1.807) is 6.07 Å². The molecule has 0 bridgehead atoms. The van der Waals surface area contributed by atoms with Crippen molar-refractivity contribution in [2.24, 2.45) is 5.92 Å². The molecule has 0 aliphatic carbocycles. The van der Waals surface area contributed by atoms with Gasteiger partial charge in [-0.15, -0.1) is 0 Å². The van der Waals surface area contributed by atoms with E-state index < -0.39 is 0 Å². The topological polar surface area (TPSA) is 80.8 Å². The summed E-state index contributed by atoms with van der Waals surface area (Å²) in [6, 6.07) is 7.16. The third-order valence-electron chi connectivity index (χ3n) is 5.21. The fraction of sp³-hybridized carbons (Fsp3) is 0.381. The van der Waals surface area contributed by atoms with Crippen LogP contribution in [-0.4, -0.2) is 41.6 Å². The van der Waals surface area contributed by atoms with Crippen molar-refractivity contribution in [3.63, 3.8) is 0 Å². The van der Waals surface area contributed by atoms with Gasteiger partial charge in [0.2, 0.25) is 6.79 Å². The van der Waals surface area contributed by atoms with E-state index in [0.717, 1.165) is 31.5 Å². The van der Waals surface area contributed by atoms with Crippen LogP contribution < -0.4 is 14.8 Å². The zero-order chi connectivity index (χ0) is 19.5. The number of hydrogen-bond acceptors (Lipinski definition) is 5. The van der Waals surface area contributed by atoms with Gasteiger partial charge in [0, 0.05) is 32.0 Å². The van der Waals surface area contributed by atoms with Crippen molar-refractivity contribution >= 4 is 11.8 Å². The second-order valence-corrected chi connectivity index (χ2v) is 7.31. The molecular formula is C21H23N3O4. The maximum atomic E-state index is 12.7.